The van der Waals surface area contributed by atoms with Gasteiger partial charge in [0.15, 0.2) is 5.76 Å². The van der Waals surface area contributed by atoms with Crippen molar-refractivity contribution in [2.45, 2.75) is 6.54 Å². The summed E-state index contributed by atoms with van der Waals surface area (Å²) in [6.45, 7) is 0.294. The van der Waals surface area contributed by atoms with Crippen molar-refractivity contribution >= 4 is 21.8 Å². The summed E-state index contributed by atoms with van der Waals surface area (Å²) in [5.41, 5.74) is 2.11. The molecule has 0 unspecified atom stereocenters. The summed E-state index contributed by atoms with van der Waals surface area (Å²) in [6, 6.07) is 16.5. The molecule has 0 saturated carbocycles. The van der Waals surface area contributed by atoms with Crippen molar-refractivity contribution in [1.29, 1.82) is 0 Å². The van der Waals surface area contributed by atoms with Crippen molar-refractivity contribution in [2.75, 3.05) is 7.11 Å². The molecule has 0 atom stereocenters. The number of nitrogens with one attached hydrogen (secondary N) is 1. The summed E-state index contributed by atoms with van der Waals surface area (Å²) in [5, 5.41) is 6.81. The molecule has 0 fully saturated rings. The van der Waals surface area contributed by atoms with Crippen LogP contribution in [0.2, 0.25) is 0 Å². The number of rotatable bonds is 5. The predicted octanol–water partition coefficient (Wildman–Crippen LogP) is 4.04. The molecule has 6 heteroatoms. The van der Waals surface area contributed by atoms with Gasteiger partial charge in [-0.2, -0.15) is 0 Å². The van der Waals surface area contributed by atoms with E-state index in [9.17, 15) is 4.79 Å². The number of carbonyl (C=O) groups is 1. The van der Waals surface area contributed by atoms with E-state index in [4.69, 9.17) is 9.26 Å². The van der Waals surface area contributed by atoms with E-state index in [2.05, 4.69) is 26.4 Å². The number of aromatic nitrogens is 1. The molecular weight excluding hydrogens is 372 g/mol. The molecule has 3 rings (SSSR count). The summed E-state index contributed by atoms with van der Waals surface area (Å²) in [6.07, 6.45) is 0. The van der Waals surface area contributed by atoms with Crippen LogP contribution in [-0.2, 0) is 6.54 Å². The lowest BCUT2D eigenvalue weighted by atomic mass is 10.1. The summed E-state index contributed by atoms with van der Waals surface area (Å²) in [4.78, 5) is 12.1. The van der Waals surface area contributed by atoms with E-state index in [1.807, 2.05) is 36.4 Å². The molecule has 5 nitrogen and oxygen atoms in total. The van der Waals surface area contributed by atoms with Gasteiger partial charge in [-0.1, -0.05) is 33.2 Å². The van der Waals surface area contributed by atoms with Crippen molar-refractivity contribution in [2.24, 2.45) is 0 Å². The first kappa shape index (κ1) is 16.3. The Morgan fingerprint density at radius 1 is 1.21 bits per heavy atom. The van der Waals surface area contributed by atoms with Crippen LogP contribution in [-0.4, -0.2) is 18.2 Å². The van der Waals surface area contributed by atoms with Gasteiger partial charge >= 0.3 is 0 Å². The molecule has 0 radical (unpaired) electrons. The third-order valence-electron chi connectivity index (χ3n) is 3.45. The number of amides is 1. The highest BCUT2D eigenvalue weighted by atomic mass is 79.9. The zero-order valence-corrected chi connectivity index (χ0v) is 14.5. The summed E-state index contributed by atoms with van der Waals surface area (Å²) in [7, 11) is 1.61. The summed E-state index contributed by atoms with van der Waals surface area (Å²) >= 11 is 3.34. The smallest absolute Gasteiger partial charge is 0.251 e. The lowest BCUT2D eigenvalue weighted by molar-refractivity contribution is 0.0950. The molecular formula is C18H15BrN2O3. The number of hydrogen-bond donors (Lipinski definition) is 1. The Morgan fingerprint density at radius 2 is 2.00 bits per heavy atom. The number of halogens is 1. The van der Waals surface area contributed by atoms with Crippen LogP contribution >= 0.6 is 15.9 Å². The van der Waals surface area contributed by atoms with E-state index in [0.29, 0.717) is 23.6 Å². The van der Waals surface area contributed by atoms with Gasteiger partial charge in [-0.3, -0.25) is 4.79 Å². The molecule has 2 aromatic carbocycles. The molecule has 0 spiro atoms. The Kier molecular flexibility index (Phi) is 4.96. The van der Waals surface area contributed by atoms with E-state index in [1.165, 1.54) is 0 Å². The van der Waals surface area contributed by atoms with Crippen LogP contribution in [0, 0.1) is 0 Å². The standard InChI is InChI=1S/C18H15BrN2O3/c1-23-16-4-2-3-13(9-16)17-10-15(21-24-17)11-20-18(22)12-5-7-14(19)8-6-12/h2-10H,11H2,1H3,(H,20,22). The Morgan fingerprint density at radius 3 is 2.75 bits per heavy atom. The molecule has 0 bridgehead atoms. The normalized spacial score (nSPS) is 10.4. The molecule has 0 aliphatic rings. The SMILES string of the molecule is COc1cccc(-c2cc(CNC(=O)c3ccc(Br)cc3)no2)c1. The van der Waals surface area contributed by atoms with Crippen molar-refractivity contribution in [3.8, 4) is 17.1 Å². The average molecular weight is 387 g/mol. The first-order valence-corrected chi connectivity index (χ1v) is 8.09. The van der Waals surface area contributed by atoms with Gasteiger partial charge in [-0.25, -0.2) is 0 Å². The lowest BCUT2D eigenvalue weighted by Gasteiger charge is -2.02. The number of ether oxygens (including phenoxy) is 1. The molecule has 0 aliphatic carbocycles. The maximum Gasteiger partial charge on any atom is 0.251 e. The fourth-order valence-electron chi connectivity index (χ4n) is 2.18. The topological polar surface area (TPSA) is 64.4 Å². The minimum atomic E-state index is -0.159. The van der Waals surface area contributed by atoms with Crippen molar-refractivity contribution in [3.63, 3.8) is 0 Å². The van der Waals surface area contributed by atoms with Gasteiger partial charge in [-0.05, 0) is 36.4 Å². The van der Waals surface area contributed by atoms with Crippen LogP contribution in [0.25, 0.3) is 11.3 Å². The zero-order valence-electron chi connectivity index (χ0n) is 13.0. The van der Waals surface area contributed by atoms with Gasteiger partial charge in [0.05, 0.1) is 13.7 Å². The van der Waals surface area contributed by atoms with E-state index >= 15 is 0 Å². The van der Waals surface area contributed by atoms with E-state index in [1.54, 1.807) is 25.3 Å². The Balaban J connectivity index is 1.65. The Labute approximate surface area is 147 Å². The second-order valence-corrected chi connectivity index (χ2v) is 6.02. The van der Waals surface area contributed by atoms with E-state index in [0.717, 1.165) is 15.8 Å². The quantitative estimate of drug-likeness (QED) is 0.718. The first-order chi connectivity index (χ1) is 11.7. The van der Waals surface area contributed by atoms with Crippen molar-refractivity contribution in [3.05, 3.63) is 70.3 Å². The van der Waals surface area contributed by atoms with Gasteiger partial charge in [0.25, 0.3) is 5.91 Å². The number of hydrogen-bond acceptors (Lipinski definition) is 4. The van der Waals surface area contributed by atoms with Gasteiger partial charge in [0, 0.05) is 21.7 Å². The molecule has 122 valence electrons. The molecule has 3 aromatic rings. The zero-order chi connectivity index (χ0) is 16.9. The summed E-state index contributed by atoms with van der Waals surface area (Å²) in [5.74, 6) is 1.21. The van der Waals surface area contributed by atoms with Crippen LogP contribution < -0.4 is 10.1 Å². The van der Waals surface area contributed by atoms with Crippen molar-refractivity contribution < 1.29 is 14.1 Å². The minimum absolute atomic E-state index is 0.159. The number of benzene rings is 2. The van der Waals surface area contributed by atoms with E-state index in [-0.39, 0.29) is 5.91 Å². The molecule has 0 aliphatic heterocycles. The molecule has 1 amide bonds. The molecule has 0 saturated heterocycles. The highest BCUT2D eigenvalue weighted by Gasteiger charge is 2.10. The third-order valence-corrected chi connectivity index (χ3v) is 3.98. The monoisotopic (exact) mass is 386 g/mol. The first-order valence-electron chi connectivity index (χ1n) is 7.29. The maximum absolute atomic E-state index is 12.1. The molecule has 1 N–H and O–H groups in total. The minimum Gasteiger partial charge on any atom is -0.497 e. The lowest BCUT2D eigenvalue weighted by Crippen LogP contribution is -2.22. The maximum atomic E-state index is 12.1. The van der Waals surface area contributed by atoms with Crippen molar-refractivity contribution in [1.82, 2.24) is 10.5 Å². The highest BCUT2D eigenvalue weighted by Crippen LogP contribution is 2.24. The third kappa shape index (κ3) is 3.83. The summed E-state index contributed by atoms with van der Waals surface area (Å²) < 4.78 is 11.5. The van der Waals surface area contributed by atoms with Gasteiger partial charge in [-0.15, -0.1) is 0 Å². The molecule has 1 aromatic heterocycles. The molecule has 24 heavy (non-hydrogen) atoms. The fourth-order valence-corrected chi connectivity index (χ4v) is 2.45. The van der Waals surface area contributed by atoms with Crippen LogP contribution in [0.3, 0.4) is 0 Å². The van der Waals surface area contributed by atoms with Crippen LogP contribution in [0.5, 0.6) is 5.75 Å². The second kappa shape index (κ2) is 7.31. The highest BCUT2D eigenvalue weighted by molar-refractivity contribution is 9.10. The largest absolute Gasteiger partial charge is 0.497 e. The average Bonchev–Trinajstić information content (AvgIpc) is 3.09. The second-order valence-electron chi connectivity index (χ2n) is 5.10. The number of nitrogens with zero attached hydrogens (tertiary/aromatic N) is 1. The number of methoxy groups -OCH3 is 1. The Hall–Kier alpha value is -2.60. The number of carbonyl (C=O) groups excluding carboxylic acids is 1. The van der Waals surface area contributed by atoms with E-state index < -0.39 is 0 Å². The van der Waals surface area contributed by atoms with Crippen LogP contribution in [0.1, 0.15) is 16.1 Å². The molecule has 1 heterocycles. The fraction of sp³-hybridized carbons (Fsp3) is 0.111. The van der Waals surface area contributed by atoms with Gasteiger partial charge in [0.2, 0.25) is 0 Å². The van der Waals surface area contributed by atoms with Crippen LogP contribution in [0.15, 0.2) is 63.6 Å². The Bertz CT molecular complexity index is 843. The predicted molar refractivity (Wildman–Crippen MR) is 93.8 cm³/mol. The van der Waals surface area contributed by atoms with Gasteiger partial charge in [0.1, 0.15) is 11.4 Å². The van der Waals surface area contributed by atoms with Gasteiger partial charge < -0.3 is 14.6 Å². The van der Waals surface area contributed by atoms with Crippen LogP contribution in [0.4, 0.5) is 0 Å².